The summed E-state index contributed by atoms with van der Waals surface area (Å²) >= 11 is 0. The van der Waals surface area contributed by atoms with Crippen LogP contribution in [0.5, 0.6) is 0 Å². The molecule has 2 unspecified atom stereocenters. The van der Waals surface area contributed by atoms with Gasteiger partial charge in [-0.2, -0.15) is 4.31 Å². The third-order valence-corrected chi connectivity index (χ3v) is 6.24. The second-order valence-electron chi connectivity index (χ2n) is 8.50. The molecular weight excluding hydrogens is 494 g/mol. The predicted molar refractivity (Wildman–Crippen MR) is 136 cm³/mol. The fraction of sp³-hybridized carbons (Fsp3) is 0.696. The zero-order chi connectivity index (χ0) is 28.7. The predicted octanol–water partition coefficient (Wildman–Crippen LogP) is 2.87. The van der Waals surface area contributed by atoms with E-state index in [0.29, 0.717) is 6.42 Å². The number of carbonyl (C=O) groups excluding carboxylic acids is 2. The van der Waals surface area contributed by atoms with Crippen molar-refractivity contribution in [2.24, 2.45) is 0 Å². The summed E-state index contributed by atoms with van der Waals surface area (Å²) in [7, 11) is -4.19. The number of nitrogens with zero attached hydrogens (tertiary/aromatic N) is 2. The standard InChI is InChI=1S/C21H35N3O9S.C2H6/c1-7-13-23(34(31,32)16(8-2)10-9-15(3)24(29)30)14-18(25)22-17(20(27)28)11-12-19(26)33-21(4,5)6;1-2/h8-10,15,17H,7,11-14H2,1-6H3,(H,22,25)(H,27,28);1-2H3/b10-9-,16-8+;. The van der Waals surface area contributed by atoms with E-state index in [2.05, 4.69) is 5.32 Å². The van der Waals surface area contributed by atoms with Crippen LogP contribution in [0.1, 0.15) is 74.7 Å². The Hall–Kier alpha value is -2.80. The molecule has 2 atom stereocenters. The van der Waals surface area contributed by atoms with Gasteiger partial charge in [0.15, 0.2) is 0 Å². The number of hydrogen-bond donors (Lipinski definition) is 2. The van der Waals surface area contributed by atoms with Crippen LogP contribution in [-0.4, -0.2) is 71.4 Å². The first-order valence-electron chi connectivity index (χ1n) is 11.8. The summed E-state index contributed by atoms with van der Waals surface area (Å²) in [5, 5.41) is 22.4. The van der Waals surface area contributed by atoms with Gasteiger partial charge in [-0.3, -0.25) is 19.7 Å². The zero-order valence-corrected chi connectivity index (χ0v) is 23.3. The molecular formula is C23H41N3O9S. The van der Waals surface area contributed by atoms with Crippen LogP contribution in [0, 0.1) is 10.1 Å². The van der Waals surface area contributed by atoms with E-state index in [1.165, 1.54) is 19.9 Å². The first kappa shape index (κ1) is 35.4. The summed E-state index contributed by atoms with van der Waals surface area (Å²) in [5.41, 5.74) is -0.746. The lowest BCUT2D eigenvalue weighted by atomic mass is 10.1. The number of carboxylic acid groups (broad SMARTS) is 1. The van der Waals surface area contributed by atoms with Crippen molar-refractivity contribution in [1.29, 1.82) is 0 Å². The number of aliphatic carboxylic acids is 1. The van der Waals surface area contributed by atoms with Gasteiger partial charge in [-0.25, -0.2) is 13.2 Å². The molecule has 0 spiro atoms. The molecule has 0 aliphatic heterocycles. The molecule has 12 nitrogen and oxygen atoms in total. The van der Waals surface area contributed by atoms with Crippen molar-refractivity contribution in [1.82, 2.24) is 9.62 Å². The highest BCUT2D eigenvalue weighted by Crippen LogP contribution is 2.16. The van der Waals surface area contributed by atoms with E-state index in [9.17, 15) is 38.0 Å². The van der Waals surface area contributed by atoms with Crippen molar-refractivity contribution >= 4 is 27.9 Å². The molecule has 0 aromatic rings. The number of ether oxygens (including phenoxy) is 1. The van der Waals surface area contributed by atoms with Gasteiger partial charge in [0.1, 0.15) is 11.6 Å². The summed E-state index contributed by atoms with van der Waals surface area (Å²) in [6.45, 7) is 12.7. The third kappa shape index (κ3) is 13.9. The quantitative estimate of drug-likeness (QED) is 0.147. The Morgan fingerprint density at radius 3 is 2.19 bits per heavy atom. The highest BCUT2D eigenvalue weighted by atomic mass is 32.2. The molecule has 0 radical (unpaired) electrons. The SMILES string of the molecule is C/C=C(\C=C/C(C)[N+](=O)[O-])S(=O)(=O)N(CCC)CC(=O)NC(CCC(=O)OC(C)(C)C)C(=O)O.CC. The number of sulfonamides is 1. The number of carboxylic acids is 1. The van der Waals surface area contributed by atoms with Gasteiger partial charge in [0.25, 0.3) is 0 Å². The Kier molecular flexibility index (Phi) is 16.5. The number of carbonyl (C=O) groups is 3. The molecule has 0 saturated carbocycles. The van der Waals surface area contributed by atoms with Gasteiger partial charge in [-0.05, 0) is 52.7 Å². The van der Waals surface area contributed by atoms with Crippen molar-refractivity contribution in [3.05, 3.63) is 33.2 Å². The maximum Gasteiger partial charge on any atom is 0.326 e. The minimum Gasteiger partial charge on any atom is -0.480 e. The van der Waals surface area contributed by atoms with Crippen LogP contribution in [0.15, 0.2) is 23.1 Å². The molecule has 36 heavy (non-hydrogen) atoms. The van der Waals surface area contributed by atoms with Crippen LogP contribution >= 0.6 is 0 Å². The lowest BCUT2D eigenvalue weighted by Gasteiger charge is -2.23. The molecule has 0 saturated heterocycles. The first-order chi connectivity index (χ1) is 16.5. The highest BCUT2D eigenvalue weighted by Gasteiger charge is 2.29. The fourth-order valence-corrected chi connectivity index (χ4v) is 4.19. The molecule has 0 fully saturated rings. The van der Waals surface area contributed by atoms with Crippen LogP contribution in [0.2, 0.25) is 0 Å². The average molecular weight is 536 g/mol. The maximum absolute atomic E-state index is 13.0. The number of hydrogen-bond acceptors (Lipinski definition) is 8. The van der Waals surface area contributed by atoms with Crippen molar-refractivity contribution in [3.63, 3.8) is 0 Å². The van der Waals surface area contributed by atoms with Gasteiger partial charge in [-0.15, -0.1) is 0 Å². The van der Waals surface area contributed by atoms with E-state index in [0.717, 1.165) is 16.5 Å². The molecule has 0 aromatic carbocycles. The van der Waals surface area contributed by atoms with Crippen molar-refractivity contribution in [3.8, 4) is 0 Å². The Bertz CT molecular complexity index is 906. The summed E-state index contributed by atoms with van der Waals surface area (Å²) < 4.78 is 32.0. The maximum atomic E-state index is 13.0. The Morgan fingerprint density at radius 2 is 1.78 bits per heavy atom. The topological polar surface area (TPSA) is 173 Å². The molecule has 0 heterocycles. The lowest BCUT2D eigenvalue weighted by Crippen LogP contribution is -2.47. The summed E-state index contributed by atoms with van der Waals surface area (Å²) in [6, 6.07) is -2.54. The van der Waals surface area contributed by atoms with Crippen LogP contribution in [0.3, 0.4) is 0 Å². The number of rotatable bonds is 14. The van der Waals surface area contributed by atoms with Crippen molar-refractivity contribution in [2.75, 3.05) is 13.1 Å². The third-order valence-electron chi connectivity index (χ3n) is 4.28. The van der Waals surface area contributed by atoms with Crippen LogP contribution in [0.4, 0.5) is 0 Å². The first-order valence-corrected chi connectivity index (χ1v) is 13.2. The fourth-order valence-electron chi connectivity index (χ4n) is 2.63. The number of allylic oxidation sites excluding steroid dienone is 2. The van der Waals surface area contributed by atoms with E-state index < -0.39 is 57.0 Å². The summed E-state index contributed by atoms with van der Waals surface area (Å²) in [5.74, 6) is -2.88. The van der Waals surface area contributed by atoms with E-state index >= 15 is 0 Å². The zero-order valence-electron chi connectivity index (χ0n) is 22.4. The van der Waals surface area contributed by atoms with Gasteiger partial charge < -0.3 is 15.2 Å². The van der Waals surface area contributed by atoms with E-state index in [1.54, 1.807) is 27.7 Å². The van der Waals surface area contributed by atoms with E-state index in [4.69, 9.17) is 4.74 Å². The molecule has 0 bridgehead atoms. The van der Waals surface area contributed by atoms with Crippen LogP contribution in [-0.2, 0) is 29.1 Å². The Balaban J connectivity index is 0. The van der Waals surface area contributed by atoms with Crippen molar-refractivity contribution in [2.45, 2.75) is 92.3 Å². The largest absolute Gasteiger partial charge is 0.480 e. The number of nitrogens with one attached hydrogen (secondary N) is 1. The molecule has 208 valence electrons. The average Bonchev–Trinajstić information content (AvgIpc) is 2.76. The highest BCUT2D eigenvalue weighted by molar-refractivity contribution is 7.93. The molecule has 1 amide bonds. The Labute approximate surface area is 214 Å². The summed E-state index contributed by atoms with van der Waals surface area (Å²) in [4.78, 5) is 45.9. The lowest BCUT2D eigenvalue weighted by molar-refractivity contribution is -0.504. The van der Waals surface area contributed by atoms with Gasteiger partial charge in [0.2, 0.25) is 22.0 Å². The van der Waals surface area contributed by atoms with Gasteiger partial charge >= 0.3 is 11.9 Å². The van der Waals surface area contributed by atoms with Crippen molar-refractivity contribution < 1.29 is 37.6 Å². The van der Waals surface area contributed by atoms with Crippen LogP contribution < -0.4 is 5.32 Å². The molecule has 0 aliphatic rings. The molecule has 0 aromatic heterocycles. The minimum absolute atomic E-state index is 0.0403. The van der Waals surface area contributed by atoms with E-state index in [1.807, 2.05) is 13.8 Å². The second kappa shape index (κ2) is 16.8. The second-order valence-corrected chi connectivity index (χ2v) is 10.4. The number of esters is 1. The minimum atomic E-state index is -4.19. The van der Waals surface area contributed by atoms with Crippen LogP contribution in [0.25, 0.3) is 0 Å². The number of amides is 1. The monoisotopic (exact) mass is 535 g/mol. The summed E-state index contributed by atoms with van der Waals surface area (Å²) in [6.07, 6.45) is 3.34. The Morgan fingerprint density at radius 1 is 1.22 bits per heavy atom. The smallest absolute Gasteiger partial charge is 0.326 e. The van der Waals surface area contributed by atoms with Gasteiger partial charge in [0, 0.05) is 24.8 Å². The van der Waals surface area contributed by atoms with E-state index in [-0.39, 0.29) is 24.3 Å². The number of nitro groups is 1. The molecule has 0 aliphatic carbocycles. The molecule has 0 rings (SSSR count). The molecule has 2 N–H and O–H groups in total. The molecule has 13 heteroatoms. The van der Waals surface area contributed by atoms with Gasteiger partial charge in [-0.1, -0.05) is 26.8 Å². The van der Waals surface area contributed by atoms with Gasteiger partial charge in [0.05, 0.1) is 11.4 Å². The normalized spacial score (nSPS) is 14.0.